The molecule has 0 fully saturated rings. The maximum absolute atomic E-state index is 5.77. The molecule has 0 aromatic carbocycles. The van der Waals surface area contributed by atoms with Crippen LogP contribution in [0.5, 0.6) is 0 Å². The molecule has 0 saturated carbocycles. The number of hydrogen-bond acceptors (Lipinski definition) is 5. The molecule has 102 valence electrons. The highest BCUT2D eigenvalue weighted by molar-refractivity contribution is 5.19. The number of anilines is 1. The Kier molecular flexibility index (Phi) is 5.02. The second kappa shape index (κ2) is 6.09. The molecular formula is C13H24N4O. The summed E-state index contributed by atoms with van der Waals surface area (Å²) < 4.78 is 5.68. The topological polar surface area (TPSA) is 73.9 Å². The van der Waals surface area contributed by atoms with Crippen molar-refractivity contribution < 1.29 is 4.74 Å². The predicted molar refractivity (Wildman–Crippen MR) is 72.2 cm³/mol. The Morgan fingerprint density at radius 1 is 1.17 bits per heavy atom. The Hall–Kier alpha value is -1.23. The molecule has 5 heteroatoms. The molecule has 0 saturated heterocycles. The average molecular weight is 252 g/mol. The van der Waals surface area contributed by atoms with E-state index < -0.39 is 0 Å². The highest BCUT2D eigenvalue weighted by atomic mass is 16.5. The zero-order valence-corrected chi connectivity index (χ0v) is 12.0. The molecule has 1 unspecified atom stereocenters. The number of nitrogens with two attached hydrogens (primary N) is 1. The quantitative estimate of drug-likeness (QED) is 0.872. The number of hydrogen-bond donors (Lipinski definition) is 1. The molecule has 1 heterocycles. The van der Waals surface area contributed by atoms with Crippen LogP contribution >= 0.6 is 0 Å². The summed E-state index contributed by atoms with van der Waals surface area (Å²) in [4.78, 5) is 12.9. The van der Waals surface area contributed by atoms with Crippen molar-refractivity contribution in [3.05, 3.63) is 11.6 Å². The van der Waals surface area contributed by atoms with Crippen LogP contribution in [0.15, 0.2) is 0 Å². The monoisotopic (exact) mass is 252 g/mol. The Morgan fingerprint density at radius 3 is 2.33 bits per heavy atom. The van der Waals surface area contributed by atoms with Gasteiger partial charge in [-0.2, -0.15) is 9.97 Å². The summed E-state index contributed by atoms with van der Waals surface area (Å²) in [5.41, 5.74) is 5.62. The number of nitrogens with zero attached hydrogens (tertiary/aromatic N) is 3. The average Bonchev–Trinajstić information content (AvgIpc) is 2.27. The lowest BCUT2D eigenvalue weighted by Gasteiger charge is -2.20. The summed E-state index contributed by atoms with van der Waals surface area (Å²) in [5.74, 6) is 1.63. The first kappa shape index (κ1) is 14.8. The van der Waals surface area contributed by atoms with Crippen LogP contribution in [0.25, 0.3) is 0 Å². The first-order valence-electron chi connectivity index (χ1n) is 6.52. The maximum Gasteiger partial charge on any atom is 0.223 e. The SMILES string of the molecule is CCCC(OCC)c1nc(N)nc(C(C)(C)C)n1. The smallest absolute Gasteiger partial charge is 0.223 e. The van der Waals surface area contributed by atoms with Gasteiger partial charge in [-0.3, -0.25) is 0 Å². The van der Waals surface area contributed by atoms with Crippen molar-refractivity contribution in [2.24, 2.45) is 0 Å². The lowest BCUT2D eigenvalue weighted by atomic mass is 9.96. The molecule has 2 N–H and O–H groups in total. The normalized spacial score (nSPS) is 13.6. The van der Waals surface area contributed by atoms with Gasteiger partial charge in [-0.1, -0.05) is 34.1 Å². The zero-order valence-electron chi connectivity index (χ0n) is 12.0. The largest absolute Gasteiger partial charge is 0.371 e. The molecule has 1 aromatic rings. The van der Waals surface area contributed by atoms with Gasteiger partial charge in [0.2, 0.25) is 5.95 Å². The molecule has 0 spiro atoms. The molecule has 5 nitrogen and oxygen atoms in total. The van der Waals surface area contributed by atoms with E-state index in [4.69, 9.17) is 10.5 Å². The number of aromatic nitrogens is 3. The lowest BCUT2D eigenvalue weighted by Crippen LogP contribution is -2.21. The summed E-state index contributed by atoms with van der Waals surface area (Å²) in [5, 5.41) is 0. The highest BCUT2D eigenvalue weighted by Crippen LogP contribution is 2.23. The second-order valence-electron chi connectivity index (χ2n) is 5.36. The minimum atomic E-state index is -0.144. The molecule has 1 atom stereocenters. The van der Waals surface area contributed by atoms with Crippen LogP contribution in [-0.2, 0) is 10.2 Å². The number of rotatable bonds is 5. The van der Waals surface area contributed by atoms with E-state index in [-0.39, 0.29) is 17.5 Å². The van der Waals surface area contributed by atoms with E-state index in [0.717, 1.165) is 12.8 Å². The molecule has 0 aliphatic heterocycles. The van der Waals surface area contributed by atoms with Gasteiger partial charge in [0.05, 0.1) is 0 Å². The Balaban J connectivity index is 3.10. The van der Waals surface area contributed by atoms with Gasteiger partial charge < -0.3 is 10.5 Å². The van der Waals surface area contributed by atoms with Crippen molar-refractivity contribution in [3.63, 3.8) is 0 Å². The van der Waals surface area contributed by atoms with Crippen molar-refractivity contribution in [2.75, 3.05) is 12.3 Å². The van der Waals surface area contributed by atoms with E-state index in [2.05, 4.69) is 42.6 Å². The third-order valence-corrected chi connectivity index (χ3v) is 2.55. The van der Waals surface area contributed by atoms with Crippen LogP contribution < -0.4 is 5.73 Å². The third-order valence-electron chi connectivity index (χ3n) is 2.55. The highest BCUT2D eigenvalue weighted by Gasteiger charge is 2.22. The summed E-state index contributed by atoms with van der Waals surface area (Å²) in [7, 11) is 0. The third kappa shape index (κ3) is 3.91. The fourth-order valence-electron chi connectivity index (χ4n) is 1.64. The Bertz CT molecular complexity index is 381. The molecule has 0 radical (unpaired) electrons. The van der Waals surface area contributed by atoms with Gasteiger partial charge in [-0.25, -0.2) is 4.98 Å². The maximum atomic E-state index is 5.77. The van der Waals surface area contributed by atoms with Crippen molar-refractivity contribution in [3.8, 4) is 0 Å². The van der Waals surface area contributed by atoms with E-state index in [0.29, 0.717) is 18.3 Å². The van der Waals surface area contributed by atoms with Gasteiger partial charge in [0.15, 0.2) is 5.82 Å². The van der Waals surface area contributed by atoms with Gasteiger partial charge in [0.25, 0.3) is 0 Å². The van der Waals surface area contributed by atoms with E-state index >= 15 is 0 Å². The first-order chi connectivity index (χ1) is 8.38. The first-order valence-corrected chi connectivity index (χ1v) is 6.52. The van der Waals surface area contributed by atoms with Crippen molar-refractivity contribution >= 4 is 5.95 Å². The van der Waals surface area contributed by atoms with Crippen LogP contribution in [0.4, 0.5) is 5.95 Å². The summed E-state index contributed by atoms with van der Waals surface area (Å²) >= 11 is 0. The van der Waals surface area contributed by atoms with E-state index in [1.807, 2.05) is 6.92 Å². The van der Waals surface area contributed by atoms with E-state index in [9.17, 15) is 0 Å². The molecule has 0 bridgehead atoms. The van der Waals surface area contributed by atoms with Crippen LogP contribution in [0.2, 0.25) is 0 Å². The predicted octanol–water partition coefficient (Wildman–Crippen LogP) is 2.63. The van der Waals surface area contributed by atoms with Crippen LogP contribution in [0.3, 0.4) is 0 Å². The molecule has 1 rings (SSSR count). The van der Waals surface area contributed by atoms with Crippen LogP contribution in [0, 0.1) is 0 Å². The molecule has 0 amide bonds. The van der Waals surface area contributed by atoms with Crippen molar-refractivity contribution in [2.45, 2.75) is 59.0 Å². The van der Waals surface area contributed by atoms with Crippen LogP contribution in [0.1, 0.15) is 65.2 Å². The molecule has 1 aromatic heterocycles. The Labute approximate surface area is 109 Å². The van der Waals surface area contributed by atoms with Gasteiger partial charge >= 0.3 is 0 Å². The molecule has 0 aliphatic carbocycles. The van der Waals surface area contributed by atoms with Crippen molar-refractivity contribution in [1.82, 2.24) is 15.0 Å². The second-order valence-corrected chi connectivity index (χ2v) is 5.36. The lowest BCUT2D eigenvalue weighted by molar-refractivity contribution is 0.0490. The summed E-state index contributed by atoms with van der Waals surface area (Å²) in [6, 6.07) is 0. The minimum Gasteiger partial charge on any atom is -0.371 e. The van der Waals surface area contributed by atoms with Crippen molar-refractivity contribution in [1.29, 1.82) is 0 Å². The van der Waals surface area contributed by atoms with Crippen LogP contribution in [-0.4, -0.2) is 21.6 Å². The summed E-state index contributed by atoms with van der Waals surface area (Å²) in [6.45, 7) is 10.9. The summed E-state index contributed by atoms with van der Waals surface area (Å²) in [6.07, 6.45) is 1.81. The number of nitrogen functional groups attached to an aromatic ring is 1. The van der Waals surface area contributed by atoms with Gasteiger partial charge in [-0.05, 0) is 13.3 Å². The van der Waals surface area contributed by atoms with E-state index in [1.54, 1.807) is 0 Å². The van der Waals surface area contributed by atoms with Gasteiger partial charge in [0, 0.05) is 12.0 Å². The fraction of sp³-hybridized carbons (Fsp3) is 0.769. The Morgan fingerprint density at radius 2 is 1.83 bits per heavy atom. The van der Waals surface area contributed by atoms with Gasteiger partial charge in [0.1, 0.15) is 11.9 Å². The fourth-order valence-corrected chi connectivity index (χ4v) is 1.64. The van der Waals surface area contributed by atoms with Gasteiger partial charge in [-0.15, -0.1) is 0 Å². The van der Waals surface area contributed by atoms with E-state index in [1.165, 1.54) is 0 Å². The minimum absolute atomic E-state index is 0.0913. The standard InChI is InChI=1S/C13H24N4O/c1-6-8-9(18-7-2)10-15-11(13(3,4)5)17-12(14)16-10/h9H,6-8H2,1-5H3,(H2,14,15,16,17). The molecule has 18 heavy (non-hydrogen) atoms. The number of ether oxygens (including phenoxy) is 1. The molecular weight excluding hydrogens is 228 g/mol. The zero-order chi connectivity index (χ0) is 13.8. The molecule has 0 aliphatic rings.